The molecule has 2 N–H and O–H groups in total. The van der Waals surface area contributed by atoms with Crippen LogP contribution in [-0.2, 0) is 6.54 Å². The highest BCUT2D eigenvalue weighted by atomic mass is 16.2. The molecular weight excluding hydrogens is 228 g/mol. The van der Waals surface area contributed by atoms with Crippen molar-refractivity contribution < 1.29 is 5.11 Å². The zero-order valence-corrected chi connectivity index (χ0v) is 11.0. The van der Waals surface area contributed by atoms with Crippen molar-refractivity contribution in [2.75, 3.05) is 19.0 Å². The molecule has 0 saturated carbocycles. The van der Waals surface area contributed by atoms with Gasteiger partial charge in [-0.05, 0) is 32.3 Å². The lowest BCUT2D eigenvalue weighted by atomic mass is 10.2. The molecule has 2 aromatic rings. The molecule has 0 aromatic carbocycles. The molecule has 2 aromatic heterocycles. The largest absolute Gasteiger partial charge is 0.396 e. The summed E-state index contributed by atoms with van der Waals surface area (Å²) in [6, 6.07) is 2.00. The molecule has 5 heteroatoms. The van der Waals surface area contributed by atoms with E-state index in [2.05, 4.69) is 19.9 Å². The van der Waals surface area contributed by atoms with E-state index in [0.29, 0.717) is 0 Å². The van der Waals surface area contributed by atoms with Crippen LogP contribution in [0.4, 0.5) is 5.82 Å². The quantitative estimate of drug-likeness (QED) is 0.767. The van der Waals surface area contributed by atoms with E-state index in [4.69, 9.17) is 5.11 Å². The summed E-state index contributed by atoms with van der Waals surface area (Å²) in [7, 11) is 1.86. The summed E-state index contributed by atoms with van der Waals surface area (Å²) in [4.78, 5) is 8.84. The SMILES string of the molecule is CNc1nccc2c1nc(C)n2CCCCCO. The number of anilines is 1. The molecule has 0 aliphatic carbocycles. The molecule has 0 aliphatic heterocycles. The van der Waals surface area contributed by atoms with E-state index in [1.807, 2.05) is 20.0 Å². The Balaban J connectivity index is 2.24. The minimum Gasteiger partial charge on any atom is -0.396 e. The number of fused-ring (bicyclic) bond motifs is 1. The van der Waals surface area contributed by atoms with E-state index in [0.717, 1.165) is 48.5 Å². The number of rotatable bonds is 6. The van der Waals surface area contributed by atoms with Gasteiger partial charge in [0, 0.05) is 26.4 Å². The zero-order valence-electron chi connectivity index (χ0n) is 11.0. The second-order valence-electron chi connectivity index (χ2n) is 4.37. The minimum atomic E-state index is 0.275. The van der Waals surface area contributed by atoms with Gasteiger partial charge in [-0.25, -0.2) is 9.97 Å². The average Bonchev–Trinajstić information content (AvgIpc) is 2.70. The molecule has 0 spiro atoms. The van der Waals surface area contributed by atoms with Crippen molar-refractivity contribution in [3.8, 4) is 0 Å². The first-order valence-corrected chi connectivity index (χ1v) is 6.38. The second-order valence-corrected chi connectivity index (χ2v) is 4.37. The summed E-state index contributed by atoms with van der Waals surface area (Å²) in [5.41, 5.74) is 2.05. The van der Waals surface area contributed by atoms with Crippen LogP contribution in [0.15, 0.2) is 12.3 Å². The number of pyridine rings is 1. The van der Waals surface area contributed by atoms with Crippen LogP contribution < -0.4 is 5.32 Å². The number of unbranched alkanes of at least 4 members (excludes halogenated alkanes) is 2. The van der Waals surface area contributed by atoms with Crippen molar-refractivity contribution in [2.24, 2.45) is 0 Å². The van der Waals surface area contributed by atoms with E-state index < -0.39 is 0 Å². The molecule has 2 rings (SSSR count). The number of aromatic nitrogens is 3. The number of hydrogen-bond acceptors (Lipinski definition) is 4. The molecule has 5 nitrogen and oxygen atoms in total. The summed E-state index contributed by atoms with van der Waals surface area (Å²) < 4.78 is 2.22. The summed E-state index contributed by atoms with van der Waals surface area (Å²) in [5.74, 6) is 1.84. The highest BCUT2D eigenvalue weighted by Gasteiger charge is 2.10. The average molecular weight is 248 g/mol. The van der Waals surface area contributed by atoms with Crippen LogP contribution in [0.25, 0.3) is 11.0 Å². The lowest BCUT2D eigenvalue weighted by Gasteiger charge is -2.06. The maximum atomic E-state index is 8.78. The minimum absolute atomic E-state index is 0.275. The van der Waals surface area contributed by atoms with Gasteiger partial charge in [-0.1, -0.05) is 0 Å². The summed E-state index contributed by atoms with van der Waals surface area (Å²) >= 11 is 0. The van der Waals surface area contributed by atoms with Crippen molar-refractivity contribution in [3.05, 3.63) is 18.1 Å². The molecule has 98 valence electrons. The normalized spacial score (nSPS) is 11.1. The standard InChI is InChI=1S/C13H20N4O/c1-10-16-12-11(6-7-15-13(12)14-2)17(10)8-4-3-5-9-18/h6-7,18H,3-5,8-9H2,1-2H3,(H,14,15). The molecular formula is C13H20N4O. The topological polar surface area (TPSA) is 63.0 Å². The van der Waals surface area contributed by atoms with Gasteiger partial charge in [0.15, 0.2) is 5.82 Å². The van der Waals surface area contributed by atoms with Gasteiger partial charge >= 0.3 is 0 Å². The fourth-order valence-corrected chi connectivity index (χ4v) is 2.19. The fraction of sp³-hybridized carbons (Fsp3) is 0.538. The van der Waals surface area contributed by atoms with Crippen molar-refractivity contribution >= 4 is 16.9 Å². The van der Waals surface area contributed by atoms with Gasteiger partial charge in [-0.15, -0.1) is 0 Å². The molecule has 0 atom stereocenters. The van der Waals surface area contributed by atoms with E-state index in [-0.39, 0.29) is 6.61 Å². The van der Waals surface area contributed by atoms with Crippen molar-refractivity contribution in [3.63, 3.8) is 0 Å². The molecule has 2 heterocycles. The Bertz CT molecular complexity index is 521. The van der Waals surface area contributed by atoms with E-state index >= 15 is 0 Å². The second kappa shape index (κ2) is 5.82. The first kappa shape index (κ1) is 12.8. The number of aliphatic hydroxyl groups is 1. The number of hydrogen-bond donors (Lipinski definition) is 2. The highest BCUT2D eigenvalue weighted by molar-refractivity contribution is 5.86. The van der Waals surface area contributed by atoms with Crippen molar-refractivity contribution in [1.29, 1.82) is 0 Å². The Labute approximate surface area is 107 Å². The maximum absolute atomic E-state index is 8.78. The monoisotopic (exact) mass is 248 g/mol. The Hall–Kier alpha value is -1.62. The lowest BCUT2D eigenvalue weighted by molar-refractivity contribution is 0.282. The molecule has 0 amide bonds. The van der Waals surface area contributed by atoms with Crippen LogP contribution in [0.2, 0.25) is 0 Å². The number of aliphatic hydroxyl groups excluding tert-OH is 1. The Morgan fingerprint density at radius 2 is 2.17 bits per heavy atom. The first-order chi connectivity index (χ1) is 8.77. The maximum Gasteiger partial charge on any atom is 0.153 e. The predicted octanol–water partition coefficient (Wildman–Crippen LogP) is 1.94. The molecule has 18 heavy (non-hydrogen) atoms. The molecule has 0 fully saturated rings. The Kier molecular flexibility index (Phi) is 4.15. The zero-order chi connectivity index (χ0) is 13.0. The number of imidazole rings is 1. The van der Waals surface area contributed by atoms with Crippen LogP contribution in [0.5, 0.6) is 0 Å². The van der Waals surface area contributed by atoms with Crippen LogP contribution in [0.3, 0.4) is 0 Å². The van der Waals surface area contributed by atoms with Crippen LogP contribution in [-0.4, -0.2) is 33.3 Å². The van der Waals surface area contributed by atoms with Gasteiger partial charge in [0.1, 0.15) is 11.3 Å². The predicted molar refractivity (Wildman–Crippen MR) is 72.7 cm³/mol. The van der Waals surface area contributed by atoms with Gasteiger partial charge in [-0.2, -0.15) is 0 Å². The number of nitrogens with one attached hydrogen (secondary N) is 1. The van der Waals surface area contributed by atoms with Crippen molar-refractivity contribution in [1.82, 2.24) is 14.5 Å². The van der Waals surface area contributed by atoms with Gasteiger partial charge in [0.25, 0.3) is 0 Å². The molecule has 0 saturated heterocycles. The Morgan fingerprint density at radius 1 is 1.33 bits per heavy atom. The van der Waals surface area contributed by atoms with E-state index in [9.17, 15) is 0 Å². The Morgan fingerprint density at radius 3 is 2.89 bits per heavy atom. The molecule has 0 aliphatic rings. The summed E-state index contributed by atoms with van der Waals surface area (Å²) in [6.45, 7) is 3.23. The summed E-state index contributed by atoms with van der Waals surface area (Å²) in [5, 5.41) is 11.8. The van der Waals surface area contributed by atoms with Gasteiger partial charge in [0.05, 0.1) is 5.52 Å². The third-order valence-corrected chi connectivity index (χ3v) is 3.13. The first-order valence-electron chi connectivity index (χ1n) is 6.38. The van der Waals surface area contributed by atoms with Gasteiger partial charge in [0.2, 0.25) is 0 Å². The molecule has 0 bridgehead atoms. The fourth-order valence-electron chi connectivity index (χ4n) is 2.19. The van der Waals surface area contributed by atoms with Crippen LogP contribution >= 0.6 is 0 Å². The highest BCUT2D eigenvalue weighted by Crippen LogP contribution is 2.21. The number of aryl methyl sites for hydroxylation is 2. The van der Waals surface area contributed by atoms with Gasteiger partial charge in [-0.3, -0.25) is 0 Å². The smallest absolute Gasteiger partial charge is 0.153 e. The van der Waals surface area contributed by atoms with E-state index in [1.165, 1.54) is 0 Å². The third-order valence-electron chi connectivity index (χ3n) is 3.13. The van der Waals surface area contributed by atoms with Crippen LogP contribution in [0.1, 0.15) is 25.1 Å². The van der Waals surface area contributed by atoms with Gasteiger partial charge < -0.3 is 15.0 Å². The molecule has 0 radical (unpaired) electrons. The lowest BCUT2D eigenvalue weighted by Crippen LogP contribution is -2.01. The number of nitrogens with zero attached hydrogens (tertiary/aromatic N) is 3. The summed E-state index contributed by atoms with van der Waals surface area (Å²) in [6.07, 6.45) is 4.78. The molecule has 0 unspecified atom stereocenters. The van der Waals surface area contributed by atoms with Crippen LogP contribution in [0, 0.1) is 6.92 Å². The van der Waals surface area contributed by atoms with Crippen molar-refractivity contribution in [2.45, 2.75) is 32.7 Å². The third kappa shape index (κ3) is 2.46. The van der Waals surface area contributed by atoms with E-state index in [1.54, 1.807) is 6.20 Å².